The van der Waals surface area contributed by atoms with Crippen LogP contribution in [0.4, 0.5) is 4.39 Å². The predicted octanol–water partition coefficient (Wildman–Crippen LogP) is 1.98. The maximum absolute atomic E-state index is 13.3. The molecule has 0 aromatic heterocycles. The molecular weight excluding hydrogens is 209 g/mol. The number of Topliss-reactive ketones (excluding diaryl/α,β-unsaturated/α-hetero) is 1. The second-order valence-corrected chi connectivity index (χ2v) is 3.69. The number of rotatable bonds is 4. The van der Waals surface area contributed by atoms with E-state index >= 15 is 0 Å². The Morgan fingerprint density at radius 1 is 1.38 bits per heavy atom. The third kappa shape index (κ3) is 3.46. The van der Waals surface area contributed by atoms with E-state index in [1.807, 2.05) is 0 Å². The predicted molar refractivity (Wildman–Crippen MR) is 58.3 cm³/mol. The molecule has 1 unspecified atom stereocenters. The van der Waals surface area contributed by atoms with Crippen LogP contribution in [0.5, 0.6) is 0 Å². The van der Waals surface area contributed by atoms with Gasteiger partial charge in [0.25, 0.3) is 0 Å². The summed E-state index contributed by atoms with van der Waals surface area (Å²) in [4.78, 5) is 22.0. The Bertz CT molecular complexity index is 404. The second kappa shape index (κ2) is 5.39. The third-order valence-electron chi connectivity index (χ3n) is 2.16. The van der Waals surface area contributed by atoms with Crippen molar-refractivity contribution >= 4 is 11.7 Å². The lowest BCUT2D eigenvalue weighted by atomic mass is 10.1. The normalized spacial score (nSPS) is 11.9. The highest BCUT2D eigenvalue weighted by Crippen LogP contribution is 2.15. The molecule has 0 fully saturated rings. The number of hydrogen-bond donors (Lipinski definition) is 1. The number of amides is 1. The summed E-state index contributed by atoms with van der Waals surface area (Å²) in [5.74, 6) is -0.959. The molecule has 0 spiro atoms. The van der Waals surface area contributed by atoms with Crippen molar-refractivity contribution < 1.29 is 14.0 Å². The van der Waals surface area contributed by atoms with Crippen molar-refractivity contribution in [2.24, 2.45) is 0 Å². The maximum Gasteiger partial charge on any atom is 0.227 e. The number of hydrogen-bond acceptors (Lipinski definition) is 2. The summed E-state index contributed by atoms with van der Waals surface area (Å²) < 4.78 is 13.3. The van der Waals surface area contributed by atoms with Crippen LogP contribution >= 0.6 is 0 Å². The first-order valence-electron chi connectivity index (χ1n) is 5.04. The highest BCUT2D eigenvalue weighted by Gasteiger charge is 2.13. The van der Waals surface area contributed by atoms with E-state index in [-0.39, 0.29) is 23.9 Å². The van der Waals surface area contributed by atoms with Gasteiger partial charge in [0, 0.05) is 5.56 Å². The molecule has 0 heterocycles. The summed E-state index contributed by atoms with van der Waals surface area (Å²) in [5.41, 5.74) is 0.416. The van der Waals surface area contributed by atoms with E-state index in [0.29, 0.717) is 5.56 Å². The lowest BCUT2D eigenvalue weighted by Gasteiger charge is -2.14. The molecule has 4 heteroatoms. The standard InChI is InChI=1S/C12H14FNO2/c1-8(15)7-12(16)14-9(2)10-5-3-4-6-11(10)13/h3-6,9H,7H2,1-2H3,(H,14,16). The van der Waals surface area contributed by atoms with Crippen LogP contribution in [0.1, 0.15) is 31.9 Å². The molecule has 0 saturated carbocycles. The molecule has 0 aliphatic heterocycles. The molecule has 1 aromatic rings. The van der Waals surface area contributed by atoms with E-state index in [1.165, 1.54) is 13.0 Å². The van der Waals surface area contributed by atoms with Crippen molar-refractivity contribution in [3.05, 3.63) is 35.6 Å². The molecule has 1 atom stereocenters. The van der Waals surface area contributed by atoms with Crippen molar-refractivity contribution in [2.75, 3.05) is 0 Å². The van der Waals surface area contributed by atoms with Gasteiger partial charge in [-0.1, -0.05) is 18.2 Å². The van der Waals surface area contributed by atoms with E-state index < -0.39 is 6.04 Å². The van der Waals surface area contributed by atoms with E-state index in [9.17, 15) is 14.0 Å². The molecule has 1 rings (SSSR count). The lowest BCUT2D eigenvalue weighted by molar-refractivity contribution is -0.127. The molecule has 16 heavy (non-hydrogen) atoms. The van der Waals surface area contributed by atoms with Gasteiger partial charge in [0.1, 0.15) is 11.6 Å². The van der Waals surface area contributed by atoms with Crippen molar-refractivity contribution in [2.45, 2.75) is 26.3 Å². The SMILES string of the molecule is CC(=O)CC(=O)NC(C)c1ccccc1F. The van der Waals surface area contributed by atoms with Crippen molar-refractivity contribution in [1.82, 2.24) is 5.32 Å². The van der Waals surface area contributed by atoms with Gasteiger partial charge in [0.2, 0.25) is 5.91 Å². The largest absolute Gasteiger partial charge is 0.349 e. The van der Waals surface area contributed by atoms with Gasteiger partial charge in [-0.05, 0) is 19.9 Å². The van der Waals surface area contributed by atoms with E-state index in [4.69, 9.17) is 0 Å². The number of halogens is 1. The van der Waals surface area contributed by atoms with Gasteiger partial charge in [-0.3, -0.25) is 9.59 Å². The fourth-order valence-electron chi connectivity index (χ4n) is 1.42. The third-order valence-corrected chi connectivity index (χ3v) is 2.16. The van der Waals surface area contributed by atoms with E-state index in [0.717, 1.165) is 0 Å². The summed E-state index contributed by atoms with van der Waals surface area (Å²) in [6.07, 6.45) is -0.168. The number of carbonyl (C=O) groups is 2. The fraction of sp³-hybridized carbons (Fsp3) is 0.333. The van der Waals surface area contributed by atoms with Crippen LogP contribution in [0.15, 0.2) is 24.3 Å². The van der Waals surface area contributed by atoms with Crippen molar-refractivity contribution in [3.8, 4) is 0 Å². The molecular formula is C12H14FNO2. The molecule has 0 aliphatic carbocycles. The van der Waals surface area contributed by atoms with Gasteiger partial charge in [0.15, 0.2) is 0 Å². The van der Waals surface area contributed by atoms with Crippen molar-refractivity contribution in [1.29, 1.82) is 0 Å². The Hall–Kier alpha value is -1.71. The Balaban J connectivity index is 2.66. The Kier molecular flexibility index (Phi) is 4.17. The topological polar surface area (TPSA) is 46.2 Å². The summed E-state index contributed by atoms with van der Waals surface area (Å²) in [6, 6.07) is 5.79. The molecule has 1 amide bonds. The van der Waals surface area contributed by atoms with Gasteiger partial charge in [-0.25, -0.2) is 4.39 Å². The minimum absolute atomic E-state index is 0.168. The summed E-state index contributed by atoms with van der Waals surface area (Å²) in [7, 11) is 0. The number of benzene rings is 1. The Morgan fingerprint density at radius 2 is 2.00 bits per heavy atom. The minimum atomic E-state index is -0.437. The van der Waals surface area contributed by atoms with Crippen molar-refractivity contribution in [3.63, 3.8) is 0 Å². The summed E-state index contributed by atoms with van der Waals surface area (Å²) >= 11 is 0. The van der Waals surface area contributed by atoms with Gasteiger partial charge in [0.05, 0.1) is 12.5 Å². The lowest BCUT2D eigenvalue weighted by Crippen LogP contribution is -2.28. The molecule has 1 aromatic carbocycles. The zero-order chi connectivity index (χ0) is 12.1. The van der Waals surface area contributed by atoms with Gasteiger partial charge in [-0.2, -0.15) is 0 Å². The average molecular weight is 223 g/mol. The highest BCUT2D eigenvalue weighted by molar-refractivity contribution is 5.96. The molecule has 0 saturated heterocycles. The first-order chi connectivity index (χ1) is 7.50. The van der Waals surface area contributed by atoms with Crippen LogP contribution in [-0.4, -0.2) is 11.7 Å². The number of nitrogens with one attached hydrogen (secondary N) is 1. The quantitative estimate of drug-likeness (QED) is 0.793. The van der Waals surface area contributed by atoms with Crippen LogP contribution in [0.25, 0.3) is 0 Å². The first kappa shape index (κ1) is 12.4. The molecule has 1 N–H and O–H groups in total. The Morgan fingerprint density at radius 3 is 2.56 bits per heavy atom. The smallest absolute Gasteiger partial charge is 0.227 e. The minimum Gasteiger partial charge on any atom is -0.349 e. The van der Waals surface area contributed by atoms with Crippen LogP contribution in [0.2, 0.25) is 0 Å². The summed E-state index contributed by atoms with van der Waals surface area (Å²) in [5, 5.41) is 2.57. The van der Waals surface area contributed by atoms with Gasteiger partial charge >= 0.3 is 0 Å². The molecule has 0 aliphatic rings. The van der Waals surface area contributed by atoms with Crippen LogP contribution in [-0.2, 0) is 9.59 Å². The molecule has 86 valence electrons. The zero-order valence-electron chi connectivity index (χ0n) is 9.29. The Labute approximate surface area is 93.7 Å². The van der Waals surface area contributed by atoms with Gasteiger partial charge < -0.3 is 5.32 Å². The van der Waals surface area contributed by atoms with Crippen LogP contribution in [0.3, 0.4) is 0 Å². The zero-order valence-corrected chi connectivity index (χ0v) is 9.29. The maximum atomic E-state index is 13.3. The molecule has 0 bridgehead atoms. The fourth-order valence-corrected chi connectivity index (χ4v) is 1.42. The monoisotopic (exact) mass is 223 g/mol. The van der Waals surface area contributed by atoms with E-state index in [2.05, 4.69) is 5.32 Å². The second-order valence-electron chi connectivity index (χ2n) is 3.69. The van der Waals surface area contributed by atoms with Crippen LogP contribution < -0.4 is 5.32 Å². The summed E-state index contributed by atoms with van der Waals surface area (Å²) in [6.45, 7) is 3.02. The van der Waals surface area contributed by atoms with Crippen LogP contribution in [0, 0.1) is 5.82 Å². The number of carbonyl (C=O) groups excluding carboxylic acids is 2. The first-order valence-corrected chi connectivity index (χ1v) is 5.04. The molecule has 0 radical (unpaired) electrons. The number of ketones is 1. The van der Waals surface area contributed by atoms with E-state index in [1.54, 1.807) is 25.1 Å². The highest BCUT2D eigenvalue weighted by atomic mass is 19.1. The average Bonchev–Trinajstić information content (AvgIpc) is 2.16. The molecule has 3 nitrogen and oxygen atoms in total. The van der Waals surface area contributed by atoms with Gasteiger partial charge in [-0.15, -0.1) is 0 Å².